The molecule has 0 aromatic heterocycles. The standard InChI is InChI=1S/C18H29ClN2/c1-4-18(5-2)9-11-21(12-10-18)17-15(13-14(3)20)7-6-8-16(17)19/h6-8,14H,4-5,9-13,20H2,1-3H3. The van der Waals surface area contributed by atoms with Crippen molar-refractivity contribution in [3.63, 3.8) is 0 Å². The number of nitrogens with two attached hydrogens (primary N) is 1. The molecule has 1 heterocycles. The fraction of sp³-hybridized carbons (Fsp3) is 0.667. The van der Waals surface area contributed by atoms with Gasteiger partial charge in [-0.05, 0) is 43.2 Å². The SMILES string of the molecule is CCC1(CC)CCN(c2c(Cl)cccc2CC(C)N)CC1. The molecule has 1 unspecified atom stereocenters. The highest BCUT2D eigenvalue weighted by Gasteiger charge is 2.32. The van der Waals surface area contributed by atoms with Crippen LogP contribution in [0.3, 0.4) is 0 Å². The van der Waals surface area contributed by atoms with Crippen LogP contribution in [0.2, 0.25) is 5.02 Å². The van der Waals surface area contributed by atoms with E-state index >= 15 is 0 Å². The molecule has 0 spiro atoms. The zero-order valence-corrected chi connectivity index (χ0v) is 14.4. The van der Waals surface area contributed by atoms with E-state index < -0.39 is 0 Å². The van der Waals surface area contributed by atoms with Crippen LogP contribution in [0.4, 0.5) is 5.69 Å². The lowest BCUT2D eigenvalue weighted by Crippen LogP contribution is -2.40. The highest BCUT2D eigenvalue weighted by Crippen LogP contribution is 2.41. The minimum absolute atomic E-state index is 0.164. The van der Waals surface area contributed by atoms with Crippen LogP contribution in [0.15, 0.2) is 18.2 Å². The van der Waals surface area contributed by atoms with E-state index in [9.17, 15) is 0 Å². The number of halogens is 1. The maximum Gasteiger partial charge on any atom is 0.0642 e. The Labute approximate surface area is 134 Å². The Balaban J connectivity index is 2.20. The molecular formula is C18H29ClN2. The second-order valence-electron chi connectivity index (χ2n) is 6.62. The Morgan fingerprint density at radius 1 is 1.24 bits per heavy atom. The van der Waals surface area contributed by atoms with E-state index in [1.165, 1.54) is 36.9 Å². The number of hydrogen-bond donors (Lipinski definition) is 1. The molecule has 0 amide bonds. The normalized spacial score (nSPS) is 19.6. The molecule has 1 aliphatic rings. The number of anilines is 1. The molecule has 1 aromatic carbocycles. The quantitative estimate of drug-likeness (QED) is 0.859. The fourth-order valence-electron chi connectivity index (χ4n) is 3.59. The van der Waals surface area contributed by atoms with Gasteiger partial charge in [0.15, 0.2) is 0 Å². The zero-order chi connectivity index (χ0) is 15.5. The van der Waals surface area contributed by atoms with Gasteiger partial charge in [0.25, 0.3) is 0 Å². The number of para-hydroxylation sites is 1. The Kier molecular flexibility index (Phi) is 5.56. The molecule has 2 rings (SSSR count). The summed E-state index contributed by atoms with van der Waals surface area (Å²) in [6, 6.07) is 6.38. The Morgan fingerprint density at radius 2 is 1.86 bits per heavy atom. The average molecular weight is 309 g/mol. The van der Waals surface area contributed by atoms with Gasteiger partial charge in [-0.15, -0.1) is 0 Å². The number of rotatable bonds is 5. The lowest BCUT2D eigenvalue weighted by Gasteiger charge is -2.42. The third kappa shape index (κ3) is 3.73. The van der Waals surface area contributed by atoms with Crippen molar-refractivity contribution in [2.45, 2.75) is 58.9 Å². The summed E-state index contributed by atoms with van der Waals surface area (Å²) >= 11 is 6.50. The number of nitrogens with zero attached hydrogens (tertiary/aromatic N) is 1. The van der Waals surface area contributed by atoms with Crippen molar-refractivity contribution < 1.29 is 0 Å². The molecule has 0 saturated carbocycles. The van der Waals surface area contributed by atoms with E-state index in [-0.39, 0.29) is 6.04 Å². The van der Waals surface area contributed by atoms with Crippen molar-refractivity contribution in [1.82, 2.24) is 0 Å². The van der Waals surface area contributed by atoms with E-state index in [2.05, 4.69) is 31.7 Å². The number of benzene rings is 1. The molecule has 0 radical (unpaired) electrons. The van der Waals surface area contributed by atoms with E-state index in [4.69, 9.17) is 17.3 Å². The van der Waals surface area contributed by atoms with Crippen LogP contribution in [-0.4, -0.2) is 19.1 Å². The highest BCUT2D eigenvalue weighted by atomic mass is 35.5. The Morgan fingerprint density at radius 3 is 2.38 bits per heavy atom. The van der Waals surface area contributed by atoms with Gasteiger partial charge in [0.05, 0.1) is 10.7 Å². The molecule has 1 aromatic rings. The van der Waals surface area contributed by atoms with E-state index in [0.717, 1.165) is 24.5 Å². The number of hydrogen-bond acceptors (Lipinski definition) is 2. The van der Waals surface area contributed by atoms with Crippen molar-refractivity contribution in [3.8, 4) is 0 Å². The third-order valence-electron chi connectivity index (χ3n) is 5.25. The van der Waals surface area contributed by atoms with E-state index in [1.54, 1.807) is 0 Å². The van der Waals surface area contributed by atoms with Gasteiger partial charge in [0.1, 0.15) is 0 Å². The van der Waals surface area contributed by atoms with Crippen LogP contribution < -0.4 is 10.6 Å². The van der Waals surface area contributed by atoms with Crippen molar-refractivity contribution >= 4 is 17.3 Å². The van der Waals surface area contributed by atoms with Crippen LogP contribution in [0.25, 0.3) is 0 Å². The minimum atomic E-state index is 0.164. The molecule has 1 atom stereocenters. The molecule has 21 heavy (non-hydrogen) atoms. The van der Waals surface area contributed by atoms with Gasteiger partial charge in [-0.2, -0.15) is 0 Å². The predicted molar refractivity (Wildman–Crippen MR) is 93.3 cm³/mol. The van der Waals surface area contributed by atoms with Crippen molar-refractivity contribution in [2.75, 3.05) is 18.0 Å². The largest absolute Gasteiger partial charge is 0.370 e. The molecule has 118 valence electrons. The van der Waals surface area contributed by atoms with Crippen LogP contribution in [0, 0.1) is 5.41 Å². The first-order chi connectivity index (χ1) is 10.0. The van der Waals surface area contributed by atoms with Crippen molar-refractivity contribution in [3.05, 3.63) is 28.8 Å². The first-order valence-corrected chi connectivity index (χ1v) is 8.67. The van der Waals surface area contributed by atoms with Gasteiger partial charge >= 0.3 is 0 Å². The Bertz CT molecular complexity index is 456. The van der Waals surface area contributed by atoms with Gasteiger partial charge in [-0.1, -0.05) is 50.4 Å². The third-order valence-corrected chi connectivity index (χ3v) is 5.56. The van der Waals surface area contributed by atoms with Crippen molar-refractivity contribution in [2.24, 2.45) is 11.1 Å². The first kappa shape index (κ1) is 16.6. The van der Waals surface area contributed by atoms with Gasteiger partial charge in [-0.25, -0.2) is 0 Å². The maximum atomic E-state index is 6.50. The fourth-order valence-corrected chi connectivity index (χ4v) is 3.90. The van der Waals surface area contributed by atoms with Gasteiger partial charge in [0.2, 0.25) is 0 Å². The molecule has 0 aliphatic carbocycles. The second kappa shape index (κ2) is 7.02. The molecule has 2 N–H and O–H groups in total. The van der Waals surface area contributed by atoms with Crippen LogP contribution in [0.1, 0.15) is 52.0 Å². The molecule has 0 bridgehead atoms. The van der Waals surface area contributed by atoms with E-state index in [0.29, 0.717) is 5.41 Å². The number of piperidine rings is 1. The summed E-state index contributed by atoms with van der Waals surface area (Å²) in [7, 11) is 0. The summed E-state index contributed by atoms with van der Waals surface area (Å²) in [4.78, 5) is 2.48. The molecular weight excluding hydrogens is 280 g/mol. The Hall–Kier alpha value is -0.730. The lowest BCUT2D eigenvalue weighted by molar-refractivity contribution is 0.199. The summed E-state index contributed by atoms with van der Waals surface area (Å²) in [6.07, 6.45) is 5.99. The average Bonchev–Trinajstić information content (AvgIpc) is 2.47. The molecule has 1 aliphatic heterocycles. The van der Waals surface area contributed by atoms with Crippen molar-refractivity contribution in [1.29, 1.82) is 0 Å². The van der Waals surface area contributed by atoms with Gasteiger partial charge < -0.3 is 10.6 Å². The van der Waals surface area contributed by atoms with Crippen LogP contribution in [-0.2, 0) is 6.42 Å². The molecule has 3 heteroatoms. The second-order valence-corrected chi connectivity index (χ2v) is 7.03. The summed E-state index contributed by atoms with van der Waals surface area (Å²) in [5.41, 5.74) is 9.05. The molecule has 2 nitrogen and oxygen atoms in total. The van der Waals surface area contributed by atoms with Crippen LogP contribution >= 0.6 is 11.6 Å². The zero-order valence-electron chi connectivity index (χ0n) is 13.7. The maximum absolute atomic E-state index is 6.50. The lowest BCUT2D eigenvalue weighted by atomic mass is 9.74. The van der Waals surface area contributed by atoms with Gasteiger partial charge in [0, 0.05) is 19.1 Å². The molecule has 1 saturated heterocycles. The smallest absolute Gasteiger partial charge is 0.0642 e. The summed E-state index contributed by atoms with van der Waals surface area (Å²) in [5, 5.41) is 0.869. The minimum Gasteiger partial charge on any atom is -0.370 e. The van der Waals surface area contributed by atoms with Crippen LogP contribution in [0.5, 0.6) is 0 Å². The molecule has 1 fully saturated rings. The monoisotopic (exact) mass is 308 g/mol. The summed E-state index contributed by atoms with van der Waals surface area (Å²) < 4.78 is 0. The summed E-state index contributed by atoms with van der Waals surface area (Å²) in [6.45, 7) is 8.93. The van der Waals surface area contributed by atoms with Gasteiger partial charge in [-0.3, -0.25) is 0 Å². The topological polar surface area (TPSA) is 29.3 Å². The van der Waals surface area contributed by atoms with E-state index in [1.807, 2.05) is 12.1 Å². The highest BCUT2D eigenvalue weighted by molar-refractivity contribution is 6.33. The summed E-state index contributed by atoms with van der Waals surface area (Å²) in [5.74, 6) is 0. The first-order valence-electron chi connectivity index (χ1n) is 8.29. The predicted octanol–water partition coefficient (Wildman–Crippen LogP) is 4.64.